The van der Waals surface area contributed by atoms with E-state index < -0.39 is 0 Å². The molecule has 0 aliphatic rings. The van der Waals surface area contributed by atoms with E-state index in [-0.39, 0.29) is 11.5 Å². The van der Waals surface area contributed by atoms with Crippen molar-refractivity contribution >= 4 is 21.7 Å². The van der Waals surface area contributed by atoms with Crippen molar-refractivity contribution in [3.05, 3.63) is 58.7 Å². The van der Waals surface area contributed by atoms with Crippen LogP contribution in [0.4, 0.5) is 0 Å². The molecule has 0 heterocycles. The summed E-state index contributed by atoms with van der Waals surface area (Å²) in [6.45, 7) is 3.91. The number of alkyl halides is 1. The predicted molar refractivity (Wildman–Crippen MR) is 95.5 cm³/mol. The molecule has 4 heteroatoms. The van der Waals surface area contributed by atoms with E-state index in [0.717, 1.165) is 17.3 Å². The van der Waals surface area contributed by atoms with Gasteiger partial charge in [0.2, 0.25) is 0 Å². The highest BCUT2D eigenvalue weighted by Crippen LogP contribution is 2.33. The number of ketones is 1. The first-order chi connectivity index (χ1) is 11.1. The summed E-state index contributed by atoms with van der Waals surface area (Å²) < 4.78 is 5.90. The van der Waals surface area contributed by atoms with Gasteiger partial charge in [0.25, 0.3) is 0 Å². The summed E-state index contributed by atoms with van der Waals surface area (Å²) in [6.07, 6.45) is 1.54. The van der Waals surface area contributed by atoms with E-state index >= 15 is 0 Å². The van der Waals surface area contributed by atoms with Crippen LogP contribution in [0, 0.1) is 0 Å². The maximum Gasteiger partial charge on any atom is 0.163 e. The molecule has 0 spiro atoms. The monoisotopic (exact) mass is 376 g/mol. The van der Waals surface area contributed by atoms with Gasteiger partial charge < -0.3 is 9.84 Å². The minimum absolute atomic E-state index is 0.0473. The van der Waals surface area contributed by atoms with Crippen molar-refractivity contribution in [2.45, 2.75) is 38.6 Å². The van der Waals surface area contributed by atoms with Gasteiger partial charge in [-0.25, -0.2) is 0 Å². The van der Waals surface area contributed by atoms with Gasteiger partial charge in [-0.2, -0.15) is 0 Å². The van der Waals surface area contributed by atoms with Crippen LogP contribution >= 0.6 is 15.9 Å². The number of carbonyl (C=O) groups is 1. The first kappa shape index (κ1) is 17.5. The molecule has 1 N–H and O–H groups in total. The molecule has 0 saturated heterocycles. The largest absolute Gasteiger partial charge is 0.507 e. The fraction of sp³-hybridized carbons (Fsp3) is 0.316. The topological polar surface area (TPSA) is 46.5 Å². The Bertz CT molecular complexity index is 695. The van der Waals surface area contributed by atoms with Crippen molar-refractivity contribution in [1.29, 1.82) is 0 Å². The molecule has 0 saturated carbocycles. The summed E-state index contributed by atoms with van der Waals surface area (Å²) >= 11 is 3.45. The molecule has 2 rings (SSSR count). The molecule has 0 fully saturated rings. The molecule has 0 bridgehead atoms. The lowest BCUT2D eigenvalue weighted by Crippen LogP contribution is -2.02. The number of benzene rings is 2. The molecule has 122 valence electrons. The van der Waals surface area contributed by atoms with Crippen molar-refractivity contribution in [2.24, 2.45) is 0 Å². The molecule has 0 amide bonds. The second-order valence-electron chi connectivity index (χ2n) is 5.49. The maximum absolute atomic E-state index is 11.6. The Kier molecular flexibility index (Phi) is 6.22. The normalized spacial score (nSPS) is 10.6. The SMILES string of the molecule is CCCc1c(OCc2cccc(CBr)c2)ccc(C(C)=O)c1O. The average Bonchev–Trinajstić information content (AvgIpc) is 2.55. The first-order valence-electron chi connectivity index (χ1n) is 7.69. The van der Waals surface area contributed by atoms with Crippen LogP contribution < -0.4 is 4.74 Å². The van der Waals surface area contributed by atoms with Crippen LogP contribution in [-0.4, -0.2) is 10.9 Å². The summed E-state index contributed by atoms with van der Waals surface area (Å²) in [7, 11) is 0. The van der Waals surface area contributed by atoms with Gasteiger partial charge in [0.1, 0.15) is 18.1 Å². The average molecular weight is 377 g/mol. The van der Waals surface area contributed by atoms with Gasteiger partial charge >= 0.3 is 0 Å². The van der Waals surface area contributed by atoms with Gasteiger partial charge in [-0.05, 0) is 36.6 Å². The number of ether oxygens (including phenoxy) is 1. The zero-order chi connectivity index (χ0) is 16.8. The predicted octanol–water partition coefficient (Wildman–Crippen LogP) is 5.02. The van der Waals surface area contributed by atoms with Crippen LogP contribution in [0.1, 0.15) is 47.3 Å². The Morgan fingerprint density at radius 2 is 1.96 bits per heavy atom. The number of aromatic hydroxyl groups is 1. The Morgan fingerprint density at radius 1 is 1.22 bits per heavy atom. The lowest BCUT2D eigenvalue weighted by molar-refractivity contribution is 0.101. The Hall–Kier alpha value is -1.81. The number of rotatable bonds is 7. The molecule has 2 aromatic rings. The lowest BCUT2D eigenvalue weighted by Gasteiger charge is -2.15. The zero-order valence-electron chi connectivity index (χ0n) is 13.4. The third-order valence-electron chi connectivity index (χ3n) is 3.66. The summed E-state index contributed by atoms with van der Waals surface area (Å²) in [5, 5.41) is 11.1. The van der Waals surface area contributed by atoms with Gasteiger partial charge in [0, 0.05) is 10.9 Å². The van der Waals surface area contributed by atoms with Crippen LogP contribution in [0.3, 0.4) is 0 Å². The molecule has 0 aromatic heterocycles. The Balaban J connectivity index is 2.24. The van der Waals surface area contributed by atoms with Crippen LogP contribution in [0.5, 0.6) is 11.5 Å². The van der Waals surface area contributed by atoms with Crippen molar-refractivity contribution in [1.82, 2.24) is 0 Å². The van der Waals surface area contributed by atoms with Crippen molar-refractivity contribution in [3.8, 4) is 11.5 Å². The fourth-order valence-electron chi connectivity index (χ4n) is 2.49. The van der Waals surface area contributed by atoms with E-state index in [9.17, 15) is 9.90 Å². The summed E-state index contributed by atoms with van der Waals surface area (Å²) in [6, 6.07) is 11.5. The minimum atomic E-state index is -0.142. The van der Waals surface area contributed by atoms with E-state index in [0.29, 0.717) is 29.9 Å². The molecule has 0 radical (unpaired) electrons. The van der Waals surface area contributed by atoms with E-state index in [1.165, 1.54) is 12.5 Å². The third kappa shape index (κ3) is 4.35. The van der Waals surface area contributed by atoms with E-state index in [1.807, 2.05) is 25.1 Å². The maximum atomic E-state index is 11.6. The number of halogens is 1. The van der Waals surface area contributed by atoms with Crippen LogP contribution in [0.2, 0.25) is 0 Å². The number of carbonyl (C=O) groups excluding carboxylic acids is 1. The number of phenolic OH excluding ortho intramolecular Hbond substituents is 1. The van der Waals surface area contributed by atoms with Gasteiger partial charge in [0.15, 0.2) is 5.78 Å². The van der Waals surface area contributed by atoms with Crippen molar-refractivity contribution < 1.29 is 14.6 Å². The summed E-state index contributed by atoms with van der Waals surface area (Å²) in [5.74, 6) is 0.543. The zero-order valence-corrected chi connectivity index (χ0v) is 15.0. The number of phenols is 1. The van der Waals surface area contributed by atoms with Crippen molar-refractivity contribution in [3.63, 3.8) is 0 Å². The number of Topliss-reactive ketones (excluding diaryl/α,β-unsaturated/α-hetero) is 1. The standard InChI is InChI=1S/C19H21BrO3/c1-3-5-17-18(9-8-16(13(2)21)19(17)22)23-12-15-7-4-6-14(10-15)11-20/h4,6-10,22H,3,5,11-12H2,1-2H3. The molecule has 2 aromatic carbocycles. The molecular formula is C19H21BrO3. The van der Waals surface area contributed by atoms with Gasteiger partial charge in [-0.1, -0.05) is 53.5 Å². The first-order valence-corrected chi connectivity index (χ1v) is 8.81. The molecule has 23 heavy (non-hydrogen) atoms. The lowest BCUT2D eigenvalue weighted by atomic mass is 10.0. The van der Waals surface area contributed by atoms with Gasteiger partial charge in [0.05, 0.1) is 5.56 Å². The Morgan fingerprint density at radius 3 is 2.61 bits per heavy atom. The van der Waals surface area contributed by atoms with E-state index in [4.69, 9.17) is 4.74 Å². The van der Waals surface area contributed by atoms with Crippen LogP contribution in [-0.2, 0) is 18.4 Å². The second-order valence-corrected chi connectivity index (χ2v) is 6.05. The smallest absolute Gasteiger partial charge is 0.163 e. The number of hydrogen-bond donors (Lipinski definition) is 1. The highest BCUT2D eigenvalue weighted by molar-refractivity contribution is 9.08. The molecule has 0 unspecified atom stereocenters. The van der Waals surface area contributed by atoms with Crippen molar-refractivity contribution in [2.75, 3.05) is 0 Å². The van der Waals surface area contributed by atoms with E-state index in [2.05, 4.69) is 22.0 Å². The fourth-order valence-corrected chi connectivity index (χ4v) is 2.84. The molecule has 0 aliphatic carbocycles. The molecule has 0 atom stereocenters. The second kappa shape index (κ2) is 8.16. The quantitative estimate of drug-likeness (QED) is 0.544. The molecule has 0 aliphatic heterocycles. The molecular weight excluding hydrogens is 356 g/mol. The van der Waals surface area contributed by atoms with Crippen LogP contribution in [0.25, 0.3) is 0 Å². The van der Waals surface area contributed by atoms with Gasteiger partial charge in [-0.3, -0.25) is 4.79 Å². The third-order valence-corrected chi connectivity index (χ3v) is 4.31. The highest BCUT2D eigenvalue weighted by atomic mass is 79.9. The molecule has 3 nitrogen and oxygen atoms in total. The van der Waals surface area contributed by atoms with Gasteiger partial charge in [-0.15, -0.1) is 0 Å². The minimum Gasteiger partial charge on any atom is -0.507 e. The Labute approximate surface area is 145 Å². The summed E-state index contributed by atoms with van der Waals surface area (Å²) in [5.41, 5.74) is 3.31. The highest BCUT2D eigenvalue weighted by Gasteiger charge is 2.15. The summed E-state index contributed by atoms with van der Waals surface area (Å²) in [4.78, 5) is 11.6. The number of hydrogen-bond acceptors (Lipinski definition) is 3. The van der Waals surface area contributed by atoms with E-state index in [1.54, 1.807) is 12.1 Å². The van der Waals surface area contributed by atoms with Crippen LogP contribution in [0.15, 0.2) is 36.4 Å².